The van der Waals surface area contributed by atoms with Gasteiger partial charge in [0.05, 0.1) is 11.4 Å². The van der Waals surface area contributed by atoms with Crippen LogP contribution in [0.1, 0.15) is 11.3 Å². The molecule has 0 spiro atoms. The van der Waals surface area contributed by atoms with E-state index < -0.39 is 10.0 Å². The Morgan fingerprint density at radius 2 is 1.90 bits per heavy atom. The second-order valence-electron chi connectivity index (χ2n) is 4.40. The first-order valence-electron chi connectivity index (χ1n) is 5.70. The minimum Gasteiger partial charge on any atom is -0.279 e. The fraction of sp³-hybridized carbons (Fsp3) is 0.250. The van der Waals surface area contributed by atoms with E-state index in [4.69, 9.17) is 23.2 Å². The van der Waals surface area contributed by atoms with Crippen molar-refractivity contribution in [3.8, 4) is 0 Å². The lowest BCUT2D eigenvalue weighted by Gasteiger charge is -2.09. The van der Waals surface area contributed by atoms with Gasteiger partial charge in [-0.1, -0.05) is 29.3 Å². The van der Waals surface area contributed by atoms with Crippen molar-refractivity contribution in [3.05, 3.63) is 39.6 Å². The van der Waals surface area contributed by atoms with Crippen LogP contribution >= 0.6 is 23.2 Å². The zero-order valence-corrected chi connectivity index (χ0v) is 13.4. The van der Waals surface area contributed by atoms with Gasteiger partial charge in [-0.2, -0.15) is 5.10 Å². The summed E-state index contributed by atoms with van der Waals surface area (Å²) in [7, 11) is -2.23. The molecule has 0 saturated heterocycles. The molecular weight excluding hydrogens is 321 g/mol. The highest BCUT2D eigenvalue weighted by Gasteiger charge is 2.25. The van der Waals surface area contributed by atoms with E-state index in [0.29, 0.717) is 16.4 Å². The van der Waals surface area contributed by atoms with E-state index in [1.165, 1.54) is 4.68 Å². The molecule has 1 N–H and O–H groups in total. The maximum absolute atomic E-state index is 12.4. The molecule has 0 aliphatic carbocycles. The predicted octanol–water partition coefficient (Wildman–Crippen LogP) is 3.14. The van der Waals surface area contributed by atoms with Gasteiger partial charge in [0.2, 0.25) is 0 Å². The summed E-state index contributed by atoms with van der Waals surface area (Å²) in [6.45, 7) is 3.42. The molecule has 8 heteroatoms. The van der Waals surface area contributed by atoms with Crippen molar-refractivity contribution >= 4 is 38.9 Å². The Kier molecular flexibility index (Phi) is 4.00. The molecule has 0 saturated carbocycles. The van der Waals surface area contributed by atoms with Gasteiger partial charge in [0.25, 0.3) is 10.0 Å². The fourth-order valence-electron chi connectivity index (χ4n) is 1.78. The predicted molar refractivity (Wildman–Crippen MR) is 80.0 cm³/mol. The Hall–Kier alpha value is -1.24. The van der Waals surface area contributed by atoms with Crippen molar-refractivity contribution in [1.29, 1.82) is 0 Å². The summed E-state index contributed by atoms with van der Waals surface area (Å²) in [5.74, 6) is 0. The van der Waals surface area contributed by atoms with Crippen molar-refractivity contribution < 1.29 is 8.42 Å². The van der Waals surface area contributed by atoms with Gasteiger partial charge in [0, 0.05) is 12.1 Å². The van der Waals surface area contributed by atoms with Gasteiger partial charge in [-0.05, 0) is 31.5 Å². The van der Waals surface area contributed by atoms with Gasteiger partial charge < -0.3 is 0 Å². The van der Waals surface area contributed by atoms with E-state index in [1.54, 1.807) is 32.2 Å². The molecule has 0 radical (unpaired) electrons. The number of nitrogens with zero attached hydrogens (tertiary/aromatic N) is 2. The molecular formula is C12H13Cl2N3O2S. The highest BCUT2D eigenvalue weighted by Crippen LogP contribution is 2.27. The number of halogens is 2. The maximum atomic E-state index is 12.4. The summed E-state index contributed by atoms with van der Waals surface area (Å²) in [5.41, 5.74) is 1.58. The molecule has 1 aromatic heterocycles. The summed E-state index contributed by atoms with van der Waals surface area (Å²) in [6.07, 6.45) is 0. The standard InChI is InChI=1S/C12H13Cl2N3O2S/c1-7-4-5-9(6-10(7)13)16-20(18,19)11-8(2)15-17(3)12(11)14/h4-6,16H,1-3H3. The number of nitrogens with one attached hydrogen (secondary N) is 1. The van der Waals surface area contributed by atoms with Gasteiger partial charge >= 0.3 is 0 Å². The molecule has 0 atom stereocenters. The molecule has 0 bridgehead atoms. The number of aromatic nitrogens is 2. The van der Waals surface area contributed by atoms with Gasteiger partial charge in [0.1, 0.15) is 10.0 Å². The lowest BCUT2D eigenvalue weighted by Crippen LogP contribution is -2.14. The number of aryl methyl sites for hydroxylation is 3. The number of rotatable bonds is 3. The van der Waals surface area contributed by atoms with Crippen LogP contribution in [-0.4, -0.2) is 18.2 Å². The first kappa shape index (κ1) is 15.2. The second-order valence-corrected chi connectivity index (χ2v) is 6.78. The fourth-order valence-corrected chi connectivity index (χ4v) is 3.76. The number of sulfonamides is 1. The molecule has 0 aliphatic rings. The van der Waals surface area contributed by atoms with E-state index in [1.807, 2.05) is 6.92 Å². The summed E-state index contributed by atoms with van der Waals surface area (Å²) >= 11 is 12.0. The summed E-state index contributed by atoms with van der Waals surface area (Å²) in [4.78, 5) is -0.0293. The van der Waals surface area contributed by atoms with Crippen molar-refractivity contribution in [3.63, 3.8) is 0 Å². The van der Waals surface area contributed by atoms with Gasteiger partial charge in [-0.25, -0.2) is 8.42 Å². The molecule has 108 valence electrons. The van der Waals surface area contributed by atoms with Crippen LogP contribution in [0.4, 0.5) is 5.69 Å². The minimum atomic E-state index is -3.81. The van der Waals surface area contributed by atoms with Crippen LogP contribution in [0.3, 0.4) is 0 Å². The number of hydrogen-bond donors (Lipinski definition) is 1. The second kappa shape index (κ2) is 5.27. The lowest BCUT2D eigenvalue weighted by molar-refractivity contribution is 0.600. The third-order valence-electron chi connectivity index (χ3n) is 2.79. The third kappa shape index (κ3) is 2.77. The molecule has 0 unspecified atom stereocenters. The molecule has 1 aromatic carbocycles. The van der Waals surface area contributed by atoms with Gasteiger partial charge in [-0.3, -0.25) is 9.40 Å². The molecule has 20 heavy (non-hydrogen) atoms. The quantitative estimate of drug-likeness (QED) is 0.938. The van der Waals surface area contributed by atoms with E-state index in [2.05, 4.69) is 9.82 Å². The van der Waals surface area contributed by atoms with E-state index in [0.717, 1.165) is 5.56 Å². The van der Waals surface area contributed by atoms with Crippen LogP contribution in [0, 0.1) is 13.8 Å². The monoisotopic (exact) mass is 333 g/mol. The average molecular weight is 334 g/mol. The lowest BCUT2D eigenvalue weighted by atomic mass is 10.2. The smallest absolute Gasteiger partial charge is 0.266 e. The molecule has 2 rings (SSSR count). The topological polar surface area (TPSA) is 64.0 Å². The number of hydrogen-bond acceptors (Lipinski definition) is 3. The van der Waals surface area contributed by atoms with Crippen molar-refractivity contribution in [2.24, 2.45) is 7.05 Å². The van der Waals surface area contributed by atoms with E-state index in [9.17, 15) is 8.42 Å². The Morgan fingerprint density at radius 1 is 1.25 bits per heavy atom. The maximum Gasteiger partial charge on any atom is 0.266 e. The van der Waals surface area contributed by atoms with Crippen LogP contribution in [0.5, 0.6) is 0 Å². The SMILES string of the molecule is Cc1ccc(NS(=O)(=O)c2c(C)nn(C)c2Cl)cc1Cl. The Labute approximate surface area is 127 Å². The first-order chi connectivity index (χ1) is 9.22. The molecule has 2 aromatic rings. The largest absolute Gasteiger partial charge is 0.279 e. The Bertz CT molecular complexity index is 769. The molecule has 5 nitrogen and oxygen atoms in total. The zero-order valence-electron chi connectivity index (χ0n) is 11.1. The third-order valence-corrected chi connectivity index (χ3v) is 5.28. The first-order valence-corrected chi connectivity index (χ1v) is 7.94. The normalized spacial score (nSPS) is 11.7. The number of benzene rings is 1. The zero-order chi connectivity index (χ0) is 15.1. The summed E-state index contributed by atoms with van der Waals surface area (Å²) < 4.78 is 28.5. The molecule has 0 amide bonds. The van der Waals surface area contributed by atoms with Crippen LogP contribution in [-0.2, 0) is 17.1 Å². The highest BCUT2D eigenvalue weighted by molar-refractivity contribution is 7.92. The summed E-state index contributed by atoms with van der Waals surface area (Å²) in [5, 5.41) is 4.54. The highest BCUT2D eigenvalue weighted by atomic mass is 35.5. The Balaban J connectivity index is 2.43. The van der Waals surface area contributed by atoms with Gasteiger partial charge in [-0.15, -0.1) is 0 Å². The van der Waals surface area contributed by atoms with Crippen LogP contribution in [0.2, 0.25) is 10.2 Å². The Morgan fingerprint density at radius 3 is 2.40 bits per heavy atom. The average Bonchev–Trinajstić information content (AvgIpc) is 2.58. The number of anilines is 1. The minimum absolute atomic E-state index is 0.0293. The van der Waals surface area contributed by atoms with Crippen LogP contribution < -0.4 is 4.72 Å². The molecule has 0 fully saturated rings. The van der Waals surface area contributed by atoms with E-state index >= 15 is 0 Å². The van der Waals surface area contributed by atoms with Crippen LogP contribution in [0.25, 0.3) is 0 Å². The van der Waals surface area contributed by atoms with Crippen molar-refractivity contribution in [2.75, 3.05) is 4.72 Å². The molecule has 1 heterocycles. The van der Waals surface area contributed by atoms with Gasteiger partial charge in [0.15, 0.2) is 0 Å². The summed E-state index contributed by atoms with van der Waals surface area (Å²) in [6, 6.07) is 4.92. The van der Waals surface area contributed by atoms with Crippen LogP contribution in [0.15, 0.2) is 23.1 Å². The van der Waals surface area contributed by atoms with Crippen molar-refractivity contribution in [1.82, 2.24) is 9.78 Å². The van der Waals surface area contributed by atoms with Crippen molar-refractivity contribution in [2.45, 2.75) is 18.7 Å². The molecule has 0 aliphatic heterocycles. The van der Waals surface area contributed by atoms with E-state index in [-0.39, 0.29) is 10.0 Å².